The first kappa shape index (κ1) is 62.8. The number of aliphatic carboxylic acids is 1. The number of hydrogen-bond donors (Lipinski definition) is 5. The molecule has 0 aromatic rings. The molecule has 0 bridgehead atoms. The minimum Gasteiger partial charge on any atom is -0.480 e. The van der Waals surface area contributed by atoms with Gasteiger partial charge in [0.1, 0.15) is 37.4 Å². The monoisotopic (exact) mass is 916 g/mol. The van der Waals surface area contributed by atoms with Crippen LogP contribution in [0.5, 0.6) is 0 Å². The number of rotatable bonds is 46. The molecule has 0 aliphatic rings. The van der Waals surface area contributed by atoms with Gasteiger partial charge in [0.25, 0.3) is 0 Å². The Balaban J connectivity index is 0. The summed E-state index contributed by atoms with van der Waals surface area (Å²) in [5.41, 5.74) is 0. The number of amides is 3. The third-order valence-electron chi connectivity index (χ3n) is 10.4. The highest BCUT2D eigenvalue weighted by molar-refractivity contribution is 5.84. The van der Waals surface area contributed by atoms with E-state index in [4.69, 9.17) is 29.2 Å². The normalized spacial score (nSPS) is 11.8. The zero-order valence-corrected chi connectivity index (χ0v) is 40.3. The van der Waals surface area contributed by atoms with Crippen LogP contribution in [0.1, 0.15) is 182 Å². The second kappa shape index (κ2) is 47.6. The molecule has 0 heterocycles. The third kappa shape index (κ3) is 46.7. The van der Waals surface area contributed by atoms with E-state index in [-0.39, 0.29) is 101 Å². The smallest absolute Gasteiger partial charge is 0.326 e. The van der Waals surface area contributed by atoms with Crippen LogP contribution in [0.3, 0.4) is 0 Å². The van der Waals surface area contributed by atoms with Crippen molar-refractivity contribution in [2.45, 2.75) is 188 Å². The van der Waals surface area contributed by atoms with Gasteiger partial charge in [0.2, 0.25) is 17.7 Å². The van der Waals surface area contributed by atoms with E-state index in [0.717, 1.165) is 25.7 Å². The highest BCUT2D eigenvalue weighted by Gasteiger charge is 2.19. The number of aliphatic hydroxyl groups is 1. The number of carboxylic acid groups (broad SMARTS) is 1. The number of carbonyl (C=O) groups is 7. The average Bonchev–Trinajstić information content (AvgIpc) is 3.26. The van der Waals surface area contributed by atoms with Gasteiger partial charge in [0, 0.05) is 51.8 Å². The van der Waals surface area contributed by atoms with Gasteiger partial charge in [-0.3, -0.25) is 24.0 Å². The number of ether oxygens (including phenoxy) is 4. The van der Waals surface area contributed by atoms with E-state index in [2.05, 4.69) is 22.9 Å². The summed E-state index contributed by atoms with van der Waals surface area (Å²) in [5, 5.41) is 25.6. The van der Waals surface area contributed by atoms with E-state index < -0.39 is 24.5 Å². The Kier molecular flexibility index (Phi) is 46.7. The van der Waals surface area contributed by atoms with Gasteiger partial charge in [-0.2, -0.15) is 0 Å². The highest BCUT2D eigenvalue weighted by atomic mass is 16.5. The molecule has 0 radical (unpaired) electrons. The van der Waals surface area contributed by atoms with Crippen molar-refractivity contribution in [2.24, 2.45) is 5.92 Å². The van der Waals surface area contributed by atoms with Crippen LogP contribution in [0.25, 0.3) is 0 Å². The molecule has 0 saturated heterocycles. The summed E-state index contributed by atoms with van der Waals surface area (Å²) < 4.78 is 21.2. The Bertz CT molecular complexity index is 1200. The first-order valence-corrected chi connectivity index (χ1v) is 24.4. The van der Waals surface area contributed by atoms with E-state index in [1.54, 1.807) is 6.92 Å². The van der Waals surface area contributed by atoms with Crippen molar-refractivity contribution in [3.8, 4) is 0 Å². The van der Waals surface area contributed by atoms with E-state index in [1.165, 1.54) is 96.8 Å². The van der Waals surface area contributed by atoms with Crippen LogP contribution >= 0.6 is 0 Å². The zero-order chi connectivity index (χ0) is 47.9. The van der Waals surface area contributed by atoms with Gasteiger partial charge in [0.15, 0.2) is 5.78 Å². The second-order valence-electron chi connectivity index (χ2n) is 16.4. The van der Waals surface area contributed by atoms with Gasteiger partial charge in [0.05, 0.1) is 33.0 Å². The number of aliphatic hydroxyl groups excluding tert-OH is 1. The molecular weight excluding hydrogens is 827 g/mol. The van der Waals surface area contributed by atoms with E-state index in [0.29, 0.717) is 38.2 Å². The molecule has 0 unspecified atom stereocenters. The molecule has 16 nitrogen and oxygen atoms in total. The van der Waals surface area contributed by atoms with Crippen LogP contribution in [0, 0.1) is 5.92 Å². The van der Waals surface area contributed by atoms with Crippen molar-refractivity contribution in [3.05, 3.63) is 0 Å². The number of carboxylic acids is 1. The molecule has 0 fully saturated rings. The lowest BCUT2D eigenvalue weighted by atomic mass is 9.95. The van der Waals surface area contributed by atoms with Gasteiger partial charge in [-0.1, -0.05) is 110 Å². The fourth-order valence-electron chi connectivity index (χ4n) is 6.65. The lowest BCUT2D eigenvalue weighted by Crippen LogP contribution is -2.39. The molecule has 374 valence electrons. The fraction of sp³-hybridized carbons (Fsp3) is 0.854. The van der Waals surface area contributed by atoms with Gasteiger partial charge in [-0.05, 0) is 45.4 Å². The molecule has 0 aliphatic carbocycles. The molecule has 2 atom stereocenters. The molecule has 0 saturated carbocycles. The predicted octanol–water partition coefficient (Wildman–Crippen LogP) is 6.60. The minimum atomic E-state index is -1.18. The van der Waals surface area contributed by atoms with Crippen molar-refractivity contribution < 1.29 is 62.7 Å². The fourth-order valence-corrected chi connectivity index (χ4v) is 6.65. The van der Waals surface area contributed by atoms with Crippen molar-refractivity contribution in [1.82, 2.24) is 16.0 Å². The molecule has 5 N–H and O–H groups in total. The first-order chi connectivity index (χ1) is 30.9. The Hall–Kier alpha value is -3.31. The average molecular weight is 916 g/mol. The third-order valence-corrected chi connectivity index (χ3v) is 10.4. The van der Waals surface area contributed by atoms with Crippen molar-refractivity contribution in [3.63, 3.8) is 0 Å². The van der Waals surface area contributed by atoms with Crippen LogP contribution in [-0.4, -0.2) is 130 Å². The Morgan fingerprint density at radius 1 is 0.516 bits per heavy atom. The van der Waals surface area contributed by atoms with Crippen LogP contribution in [0.2, 0.25) is 0 Å². The molecule has 16 heteroatoms. The van der Waals surface area contributed by atoms with Gasteiger partial charge in [-0.25, -0.2) is 4.79 Å². The van der Waals surface area contributed by atoms with Crippen molar-refractivity contribution in [2.75, 3.05) is 72.6 Å². The quantitative estimate of drug-likeness (QED) is 0.0406. The molecule has 0 aromatic heterocycles. The molecule has 3 amide bonds. The number of unbranched alkanes of at least 4 members (excludes halogenated alkanes) is 15. The lowest BCUT2D eigenvalue weighted by molar-refractivity contribution is -0.142. The van der Waals surface area contributed by atoms with Crippen LogP contribution in [0.4, 0.5) is 0 Å². The largest absolute Gasteiger partial charge is 0.480 e. The number of nitrogens with one attached hydrogen (secondary N) is 3. The van der Waals surface area contributed by atoms with Crippen molar-refractivity contribution >= 4 is 41.0 Å². The molecule has 0 rings (SSSR count). The maximum atomic E-state index is 11.9. The number of carbonyl (C=O) groups excluding carboxylic acids is 6. The molecule has 64 heavy (non-hydrogen) atoms. The first-order valence-electron chi connectivity index (χ1n) is 24.4. The van der Waals surface area contributed by atoms with E-state index >= 15 is 0 Å². The summed E-state index contributed by atoms with van der Waals surface area (Å²) in [5.74, 6) is -2.23. The number of Topliss-reactive ketones (excluding diaryl/α,β-unsaturated/α-hetero) is 3. The Morgan fingerprint density at radius 3 is 1.50 bits per heavy atom. The zero-order valence-electron chi connectivity index (χ0n) is 40.3. The molecule has 0 aromatic carbocycles. The molecular formula is C48H89N3O13. The van der Waals surface area contributed by atoms with E-state index in [1.807, 2.05) is 6.92 Å². The Morgan fingerprint density at radius 2 is 1.02 bits per heavy atom. The Labute approximate surface area is 385 Å². The van der Waals surface area contributed by atoms with Crippen LogP contribution < -0.4 is 16.0 Å². The summed E-state index contributed by atoms with van der Waals surface area (Å²) in [6.07, 6.45) is 25.3. The summed E-state index contributed by atoms with van der Waals surface area (Å²) in [7, 11) is 0. The maximum Gasteiger partial charge on any atom is 0.326 e. The predicted molar refractivity (Wildman–Crippen MR) is 248 cm³/mol. The molecule has 0 spiro atoms. The molecule has 0 aliphatic heterocycles. The second-order valence-corrected chi connectivity index (χ2v) is 16.4. The summed E-state index contributed by atoms with van der Waals surface area (Å²) in [6, 6.07) is -1.08. The van der Waals surface area contributed by atoms with Crippen LogP contribution in [0.15, 0.2) is 0 Å². The lowest BCUT2D eigenvalue weighted by Gasteiger charge is -2.12. The van der Waals surface area contributed by atoms with Gasteiger partial charge >= 0.3 is 5.97 Å². The SMILES string of the molecule is CCCCCCCCCCCCCCCCCC(C)=O.CC[C@@H](CCCCNC(=O)COCCOCCNC(=O)COCCOCCCC(=O)CC[C@H](NC(C)=O)C(=O)O)C(=O)CO. The number of hydrogen-bond acceptors (Lipinski definition) is 12. The standard InChI is InChI=1S/C29H51N3O12.C19H38O/c1-3-23(26(36)19-33)7-4-5-11-30-27(37)20-44-18-16-42-14-12-31-28(38)21-43-17-15-41-13-6-8-24(35)9-10-25(29(39)40)32-22(2)34;1-3-4-5-6-7-8-9-10-11-12-13-14-15-16-17-18-19(2)20/h23,25,33H,3-21H2,1-2H3,(H,30,37)(H,31,38)(H,32,34)(H,39,40);3-18H2,1-2H3/t23-,25-;/m0./s1. The number of ketones is 3. The van der Waals surface area contributed by atoms with E-state index in [9.17, 15) is 33.6 Å². The topological polar surface area (TPSA) is 233 Å². The van der Waals surface area contributed by atoms with Crippen LogP contribution in [-0.2, 0) is 52.5 Å². The van der Waals surface area contributed by atoms with Gasteiger partial charge < -0.3 is 49.9 Å². The summed E-state index contributed by atoms with van der Waals surface area (Å²) in [4.78, 5) is 79.8. The highest BCUT2D eigenvalue weighted by Crippen LogP contribution is 2.15. The minimum absolute atomic E-state index is 0.0346. The summed E-state index contributed by atoms with van der Waals surface area (Å²) in [6.45, 7) is 8.75. The summed E-state index contributed by atoms with van der Waals surface area (Å²) >= 11 is 0. The van der Waals surface area contributed by atoms with Crippen molar-refractivity contribution in [1.29, 1.82) is 0 Å². The van der Waals surface area contributed by atoms with Gasteiger partial charge in [-0.15, -0.1) is 0 Å². The maximum absolute atomic E-state index is 11.9.